The number of halogens is 4. The minimum atomic E-state index is -4.80. The number of nitrogens with zero attached hydrogens (tertiary/aromatic N) is 7. The molecule has 11 nitrogen and oxygen atoms in total. The molecule has 6 heterocycles. The second kappa shape index (κ2) is 11.2. The molecule has 15 heteroatoms. The number of hydrogen-bond donors (Lipinski definition) is 1. The summed E-state index contributed by atoms with van der Waals surface area (Å²) in [6.07, 6.45) is -2.48. The number of piperidine rings is 1. The zero-order valence-corrected chi connectivity index (χ0v) is 24.9. The van der Waals surface area contributed by atoms with Gasteiger partial charge in [-0.05, 0) is 58.6 Å². The third-order valence-electron chi connectivity index (χ3n) is 7.55. The second-order valence-electron chi connectivity index (χ2n) is 12.4. The van der Waals surface area contributed by atoms with Gasteiger partial charge in [0.05, 0.1) is 17.4 Å². The van der Waals surface area contributed by atoms with Crippen molar-refractivity contribution in [3.8, 4) is 11.4 Å². The normalized spacial score (nSPS) is 21.6. The van der Waals surface area contributed by atoms with E-state index in [-0.39, 0.29) is 31.2 Å². The van der Waals surface area contributed by atoms with Crippen molar-refractivity contribution in [2.24, 2.45) is 0 Å². The third-order valence-corrected chi connectivity index (χ3v) is 7.55. The van der Waals surface area contributed by atoms with Gasteiger partial charge >= 0.3 is 12.3 Å². The topological polar surface area (TPSA) is 112 Å². The van der Waals surface area contributed by atoms with E-state index >= 15 is 0 Å². The van der Waals surface area contributed by atoms with Gasteiger partial charge in [-0.1, -0.05) is 6.07 Å². The number of anilines is 1. The summed E-state index contributed by atoms with van der Waals surface area (Å²) in [4.78, 5) is 22.1. The van der Waals surface area contributed by atoms with Crippen molar-refractivity contribution in [1.82, 2.24) is 34.3 Å². The number of hydrogen-bond acceptors (Lipinski definition) is 8. The van der Waals surface area contributed by atoms with Crippen LogP contribution in [0.3, 0.4) is 0 Å². The van der Waals surface area contributed by atoms with E-state index in [4.69, 9.17) is 9.47 Å². The van der Waals surface area contributed by atoms with Crippen molar-refractivity contribution < 1.29 is 31.8 Å². The SMILES string of the molecule is Cc1ccc2c3c(-c4nc(N[C@H]5C[C@H](F)CN(C(=O)OC(C)(C)C)C5)ncc4C(F)(F)F)nn(C4CCCCO4)c3nn2c1. The molecule has 1 amide bonds. The first kappa shape index (κ1) is 30.0. The maximum Gasteiger partial charge on any atom is 0.420 e. The minimum absolute atomic E-state index is 0.00427. The molecule has 1 unspecified atom stereocenters. The lowest BCUT2D eigenvalue weighted by atomic mass is 10.0. The number of likely N-dealkylation sites (tertiary alicyclic amines) is 1. The Balaban J connectivity index is 1.42. The lowest BCUT2D eigenvalue weighted by molar-refractivity contribution is -0.137. The molecule has 3 atom stereocenters. The monoisotopic (exact) mass is 618 g/mol. The van der Waals surface area contributed by atoms with Gasteiger partial charge in [0.15, 0.2) is 11.9 Å². The highest BCUT2D eigenvalue weighted by molar-refractivity contribution is 6.03. The molecule has 44 heavy (non-hydrogen) atoms. The Morgan fingerprint density at radius 3 is 2.61 bits per heavy atom. The summed E-state index contributed by atoms with van der Waals surface area (Å²) >= 11 is 0. The number of aromatic nitrogens is 6. The van der Waals surface area contributed by atoms with Gasteiger partial charge in [0.25, 0.3) is 0 Å². The first-order chi connectivity index (χ1) is 20.8. The van der Waals surface area contributed by atoms with Crippen LogP contribution in [0.1, 0.15) is 63.8 Å². The van der Waals surface area contributed by atoms with Crippen LogP contribution in [0.2, 0.25) is 0 Å². The predicted octanol–water partition coefficient (Wildman–Crippen LogP) is 5.93. The summed E-state index contributed by atoms with van der Waals surface area (Å²) in [6.45, 7) is 7.42. The summed E-state index contributed by atoms with van der Waals surface area (Å²) in [7, 11) is 0. The van der Waals surface area contributed by atoms with Crippen molar-refractivity contribution >= 4 is 28.6 Å². The van der Waals surface area contributed by atoms with Crippen LogP contribution in [0, 0.1) is 6.92 Å². The zero-order chi connectivity index (χ0) is 31.4. The fourth-order valence-corrected chi connectivity index (χ4v) is 5.65. The molecule has 0 saturated carbocycles. The standard InChI is InChI=1S/C29H34F4N8O3/c1-16-8-9-20-22-24(37-41(21-7-5-6-10-43-21)25(22)38-40(20)13-16)23-19(29(31,32)33)12-34-26(36-23)35-18-11-17(30)14-39(15-18)27(42)44-28(2,3)4/h8-9,12-13,17-18,21H,5-7,10-11,14-15H2,1-4H3,(H,34,35,36)/t17-,18-,21?/m0/s1. The smallest absolute Gasteiger partial charge is 0.420 e. The number of carbonyl (C=O) groups is 1. The molecule has 2 aliphatic rings. The molecule has 0 bridgehead atoms. The first-order valence-corrected chi connectivity index (χ1v) is 14.6. The van der Waals surface area contributed by atoms with Gasteiger partial charge in [-0.2, -0.15) is 18.3 Å². The summed E-state index contributed by atoms with van der Waals surface area (Å²) in [5.74, 6) is -0.153. The zero-order valence-electron chi connectivity index (χ0n) is 24.9. The molecule has 4 aromatic heterocycles. The van der Waals surface area contributed by atoms with Crippen LogP contribution in [0.5, 0.6) is 0 Å². The molecule has 236 valence electrons. The number of pyridine rings is 1. The lowest BCUT2D eigenvalue weighted by Crippen LogP contribution is -2.51. The van der Waals surface area contributed by atoms with Crippen LogP contribution in [-0.2, 0) is 15.7 Å². The van der Waals surface area contributed by atoms with Gasteiger partial charge < -0.3 is 19.7 Å². The van der Waals surface area contributed by atoms with Crippen LogP contribution in [0.25, 0.3) is 27.9 Å². The maximum atomic E-state index is 14.7. The van der Waals surface area contributed by atoms with E-state index in [0.717, 1.165) is 18.4 Å². The van der Waals surface area contributed by atoms with Crippen molar-refractivity contribution in [3.63, 3.8) is 0 Å². The van der Waals surface area contributed by atoms with Crippen LogP contribution in [0.4, 0.5) is 28.3 Å². The highest BCUT2D eigenvalue weighted by Gasteiger charge is 2.39. The Kier molecular flexibility index (Phi) is 7.62. The van der Waals surface area contributed by atoms with E-state index in [1.165, 1.54) is 9.58 Å². The van der Waals surface area contributed by atoms with Crippen molar-refractivity contribution in [1.29, 1.82) is 0 Å². The molecule has 2 aliphatic heterocycles. The average molecular weight is 619 g/mol. The van der Waals surface area contributed by atoms with Gasteiger partial charge in [0, 0.05) is 38.0 Å². The lowest BCUT2D eigenvalue weighted by Gasteiger charge is -2.36. The van der Waals surface area contributed by atoms with E-state index in [9.17, 15) is 22.4 Å². The molecule has 0 aromatic carbocycles. The molecular weight excluding hydrogens is 584 g/mol. The number of ether oxygens (including phenoxy) is 2. The molecule has 2 fully saturated rings. The van der Waals surface area contributed by atoms with Gasteiger partial charge in [-0.3, -0.25) is 0 Å². The molecule has 0 radical (unpaired) electrons. The van der Waals surface area contributed by atoms with E-state index in [1.807, 2.05) is 13.0 Å². The molecule has 4 aromatic rings. The first-order valence-electron chi connectivity index (χ1n) is 14.6. The van der Waals surface area contributed by atoms with E-state index < -0.39 is 47.6 Å². The maximum absolute atomic E-state index is 14.7. The summed E-state index contributed by atoms with van der Waals surface area (Å²) in [6, 6.07) is 2.95. The summed E-state index contributed by atoms with van der Waals surface area (Å²) < 4.78 is 72.5. The van der Waals surface area contributed by atoms with E-state index in [1.54, 1.807) is 37.5 Å². The molecule has 2 saturated heterocycles. The predicted molar refractivity (Wildman–Crippen MR) is 153 cm³/mol. The Morgan fingerprint density at radius 2 is 1.91 bits per heavy atom. The average Bonchev–Trinajstić information content (AvgIpc) is 3.48. The Hall–Kier alpha value is -4.01. The largest absolute Gasteiger partial charge is 0.444 e. The number of carbonyl (C=O) groups excluding carboxylic acids is 1. The molecule has 6 rings (SSSR count). The number of aryl methyl sites for hydroxylation is 1. The summed E-state index contributed by atoms with van der Waals surface area (Å²) in [5.41, 5.74) is -0.462. The second-order valence-corrected chi connectivity index (χ2v) is 12.4. The quantitative estimate of drug-likeness (QED) is 0.281. The highest BCUT2D eigenvalue weighted by atomic mass is 19.4. The number of fused-ring (bicyclic) bond motifs is 3. The number of alkyl halides is 4. The fraction of sp³-hybridized carbons (Fsp3) is 0.552. The molecular formula is C29H34F4N8O3. The molecule has 0 aliphatic carbocycles. The van der Waals surface area contributed by atoms with Crippen molar-refractivity contribution in [2.45, 2.75) is 83.6 Å². The fourth-order valence-electron chi connectivity index (χ4n) is 5.65. The van der Waals surface area contributed by atoms with Gasteiger partial charge in [-0.25, -0.2) is 28.4 Å². The number of nitrogens with one attached hydrogen (secondary N) is 1. The van der Waals surface area contributed by atoms with Gasteiger partial charge in [0.2, 0.25) is 5.95 Å². The number of amides is 1. The van der Waals surface area contributed by atoms with E-state index in [0.29, 0.717) is 35.8 Å². The van der Waals surface area contributed by atoms with Crippen LogP contribution in [-0.4, -0.2) is 77.9 Å². The Bertz CT molecular complexity index is 1690. The highest BCUT2D eigenvalue weighted by Crippen LogP contribution is 2.40. The summed E-state index contributed by atoms with van der Waals surface area (Å²) in [5, 5.41) is 12.6. The number of rotatable bonds is 4. The van der Waals surface area contributed by atoms with Crippen LogP contribution in [0.15, 0.2) is 24.5 Å². The van der Waals surface area contributed by atoms with Crippen LogP contribution >= 0.6 is 0 Å². The van der Waals surface area contributed by atoms with Gasteiger partial charge in [-0.15, -0.1) is 5.10 Å². The minimum Gasteiger partial charge on any atom is -0.444 e. The third kappa shape index (κ3) is 6.01. The molecule has 1 N–H and O–H groups in total. The Labute approximate surface area is 250 Å². The van der Waals surface area contributed by atoms with Gasteiger partial charge in [0.1, 0.15) is 28.7 Å². The Morgan fingerprint density at radius 1 is 1.11 bits per heavy atom. The van der Waals surface area contributed by atoms with Crippen molar-refractivity contribution in [3.05, 3.63) is 35.7 Å². The molecule has 0 spiro atoms. The van der Waals surface area contributed by atoms with Crippen LogP contribution < -0.4 is 5.32 Å². The van der Waals surface area contributed by atoms with E-state index in [2.05, 4.69) is 25.5 Å². The van der Waals surface area contributed by atoms with Crippen molar-refractivity contribution in [2.75, 3.05) is 25.0 Å².